The van der Waals surface area contributed by atoms with E-state index in [4.69, 9.17) is 14.2 Å². The van der Waals surface area contributed by atoms with Crippen LogP contribution >= 0.6 is 0 Å². The Kier molecular flexibility index (Phi) is 4.54. The number of nitrogens with zero attached hydrogens (tertiary/aromatic N) is 1. The lowest BCUT2D eigenvalue weighted by Crippen LogP contribution is -2.22. The van der Waals surface area contributed by atoms with Crippen LogP contribution in [0.5, 0.6) is 11.5 Å². The van der Waals surface area contributed by atoms with Crippen LogP contribution in [0.25, 0.3) is 0 Å². The first-order valence-corrected chi connectivity index (χ1v) is 6.61. The molecule has 0 unspecified atom stereocenters. The SMILES string of the molecule is CCOC(=O)Cn1c(C(=O)O)c2c(c1C(=O)O)OCCCO2. The van der Waals surface area contributed by atoms with Gasteiger partial charge in [0.05, 0.1) is 19.8 Å². The number of rotatable bonds is 5. The summed E-state index contributed by atoms with van der Waals surface area (Å²) >= 11 is 0. The molecule has 0 atom stereocenters. The molecule has 9 heteroatoms. The highest BCUT2D eigenvalue weighted by molar-refractivity contribution is 5.99. The Morgan fingerprint density at radius 2 is 1.59 bits per heavy atom. The largest absolute Gasteiger partial charge is 0.487 e. The number of aromatic nitrogens is 1. The van der Waals surface area contributed by atoms with E-state index in [1.807, 2.05) is 0 Å². The number of hydrogen-bond acceptors (Lipinski definition) is 6. The smallest absolute Gasteiger partial charge is 0.356 e. The van der Waals surface area contributed by atoms with E-state index in [1.165, 1.54) is 0 Å². The number of hydrogen-bond donors (Lipinski definition) is 2. The Morgan fingerprint density at radius 3 is 2.00 bits per heavy atom. The van der Waals surface area contributed by atoms with Gasteiger partial charge in [0.15, 0.2) is 22.9 Å². The highest BCUT2D eigenvalue weighted by Crippen LogP contribution is 2.40. The maximum absolute atomic E-state index is 11.6. The van der Waals surface area contributed by atoms with Gasteiger partial charge < -0.3 is 29.0 Å². The summed E-state index contributed by atoms with van der Waals surface area (Å²) in [5, 5.41) is 18.7. The zero-order valence-corrected chi connectivity index (χ0v) is 11.8. The fraction of sp³-hybridized carbons (Fsp3) is 0.462. The van der Waals surface area contributed by atoms with Crippen molar-refractivity contribution < 1.29 is 38.8 Å². The summed E-state index contributed by atoms with van der Waals surface area (Å²) < 4.78 is 16.2. The van der Waals surface area contributed by atoms with E-state index < -0.39 is 35.8 Å². The Balaban J connectivity index is 2.60. The monoisotopic (exact) mass is 313 g/mol. The fourth-order valence-electron chi connectivity index (χ4n) is 2.17. The first kappa shape index (κ1) is 15.7. The molecule has 0 aliphatic carbocycles. The number of aromatic carboxylic acids is 2. The Bertz CT molecular complexity index is 577. The quantitative estimate of drug-likeness (QED) is 0.758. The molecule has 1 aliphatic heterocycles. The van der Waals surface area contributed by atoms with Crippen LogP contribution in [0.15, 0.2) is 0 Å². The molecule has 1 aromatic heterocycles. The standard InChI is InChI=1S/C13H15NO8/c1-2-20-7(15)6-14-8(12(16)17)10-11(9(14)13(18)19)22-5-3-4-21-10/h2-6H2,1H3,(H,16,17)(H,18,19). The van der Waals surface area contributed by atoms with Crippen molar-refractivity contribution in [1.82, 2.24) is 4.57 Å². The summed E-state index contributed by atoms with van der Waals surface area (Å²) in [7, 11) is 0. The molecule has 0 bridgehead atoms. The van der Waals surface area contributed by atoms with E-state index >= 15 is 0 Å². The molecule has 1 aliphatic rings. The van der Waals surface area contributed by atoms with Crippen molar-refractivity contribution in [3.63, 3.8) is 0 Å². The van der Waals surface area contributed by atoms with Crippen molar-refractivity contribution in [3.05, 3.63) is 11.4 Å². The van der Waals surface area contributed by atoms with Gasteiger partial charge in [-0.1, -0.05) is 0 Å². The van der Waals surface area contributed by atoms with Crippen molar-refractivity contribution >= 4 is 17.9 Å². The van der Waals surface area contributed by atoms with Gasteiger partial charge >= 0.3 is 17.9 Å². The number of carboxylic acids is 2. The van der Waals surface area contributed by atoms with Crippen molar-refractivity contribution in [2.75, 3.05) is 19.8 Å². The van der Waals surface area contributed by atoms with E-state index in [1.54, 1.807) is 6.92 Å². The molecular formula is C13H15NO8. The van der Waals surface area contributed by atoms with E-state index in [2.05, 4.69) is 0 Å². The third kappa shape index (κ3) is 2.83. The van der Waals surface area contributed by atoms with Gasteiger partial charge in [-0.25, -0.2) is 9.59 Å². The molecule has 22 heavy (non-hydrogen) atoms. The molecule has 2 heterocycles. The van der Waals surface area contributed by atoms with E-state index in [0.29, 0.717) is 6.42 Å². The molecule has 0 spiro atoms. The lowest BCUT2D eigenvalue weighted by molar-refractivity contribution is -0.143. The zero-order valence-electron chi connectivity index (χ0n) is 11.8. The Labute approximate surface area is 125 Å². The number of carbonyl (C=O) groups is 3. The van der Waals surface area contributed by atoms with Crippen molar-refractivity contribution in [3.8, 4) is 11.5 Å². The van der Waals surface area contributed by atoms with Gasteiger partial charge in [-0.2, -0.15) is 0 Å². The number of esters is 1. The van der Waals surface area contributed by atoms with Gasteiger partial charge in [-0.05, 0) is 6.92 Å². The van der Waals surface area contributed by atoms with Gasteiger partial charge in [0, 0.05) is 6.42 Å². The second-order valence-corrected chi connectivity index (χ2v) is 4.41. The minimum Gasteiger partial charge on any atom is -0.487 e. The van der Waals surface area contributed by atoms with Gasteiger partial charge in [0.1, 0.15) is 6.54 Å². The summed E-state index contributed by atoms with van der Waals surface area (Å²) in [5.74, 6) is -3.94. The van der Waals surface area contributed by atoms with Crippen LogP contribution in [-0.2, 0) is 16.1 Å². The molecule has 2 rings (SSSR count). The van der Waals surface area contributed by atoms with Crippen LogP contribution in [0.3, 0.4) is 0 Å². The van der Waals surface area contributed by atoms with Crippen molar-refractivity contribution in [1.29, 1.82) is 0 Å². The van der Waals surface area contributed by atoms with Crippen LogP contribution in [0, 0.1) is 0 Å². The third-order valence-corrected chi connectivity index (χ3v) is 2.96. The second-order valence-electron chi connectivity index (χ2n) is 4.41. The summed E-state index contributed by atoms with van der Waals surface area (Å²) in [5.41, 5.74) is -0.885. The van der Waals surface area contributed by atoms with Gasteiger partial charge in [-0.3, -0.25) is 4.79 Å². The average Bonchev–Trinajstić information content (AvgIpc) is 2.57. The minimum absolute atomic E-state index is 0.0949. The van der Waals surface area contributed by atoms with Gasteiger partial charge in [-0.15, -0.1) is 0 Å². The predicted octanol–water partition coefficient (Wildman–Crippen LogP) is 0.609. The topological polar surface area (TPSA) is 124 Å². The molecule has 0 saturated heterocycles. The molecule has 120 valence electrons. The average molecular weight is 313 g/mol. The summed E-state index contributed by atoms with van der Waals surface area (Å²) in [6.07, 6.45) is 0.491. The molecule has 0 saturated carbocycles. The molecule has 2 N–H and O–H groups in total. The molecule has 1 aromatic rings. The lowest BCUT2D eigenvalue weighted by Gasteiger charge is -2.09. The molecule has 9 nitrogen and oxygen atoms in total. The normalized spacial score (nSPS) is 13.3. The highest BCUT2D eigenvalue weighted by Gasteiger charge is 2.35. The van der Waals surface area contributed by atoms with Crippen LogP contribution in [0.1, 0.15) is 34.3 Å². The summed E-state index contributed by atoms with van der Waals surface area (Å²) in [4.78, 5) is 34.6. The molecule has 0 radical (unpaired) electrons. The molecule has 0 fully saturated rings. The maximum Gasteiger partial charge on any atom is 0.356 e. The fourth-order valence-corrected chi connectivity index (χ4v) is 2.17. The van der Waals surface area contributed by atoms with E-state index in [0.717, 1.165) is 4.57 Å². The van der Waals surface area contributed by atoms with E-state index in [-0.39, 0.29) is 31.3 Å². The maximum atomic E-state index is 11.6. The second kappa shape index (κ2) is 6.37. The first-order valence-electron chi connectivity index (χ1n) is 6.61. The van der Waals surface area contributed by atoms with Crippen LogP contribution in [0.2, 0.25) is 0 Å². The molecular weight excluding hydrogens is 298 g/mol. The van der Waals surface area contributed by atoms with Crippen LogP contribution < -0.4 is 9.47 Å². The predicted molar refractivity (Wildman–Crippen MR) is 70.6 cm³/mol. The number of fused-ring (bicyclic) bond motifs is 1. The van der Waals surface area contributed by atoms with Crippen LogP contribution in [-0.4, -0.2) is 52.5 Å². The van der Waals surface area contributed by atoms with Gasteiger partial charge in [0.25, 0.3) is 0 Å². The number of ether oxygens (including phenoxy) is 3. The first-order chi connectivity index (χ1) is 10.5. The van der Waals surface area contributed by atoms with Crippen molar-refractivity contribution in [2.24, 2.45) is 0 Å². The Morgan fingerprint density at radius 1 is 1.09 bits per heavy atom. The molecule has 0 aromatic carbocycles. The number of carbonyl (C=O) groups excluding carboxylic acids is 1. The third-order valence-electron chi connectivity index (χ3n) is 2.96. The molecule has 0 amide bonds. The van der Waals surface area contributed by atoms with Crippen molar-refractivity contribution in [2.45, 2.75) is 19.9 Å². The summed E-state index contributed by atoms with van der Waals surface area (Å²) in [6, 6.07) is 0. The number of carboxylic acid groups (broad SMARTS) is 2. The van der Waals surface area contributed by atoms with E-state index in [9.17, 15) is 24.6 Å². The zero-order chi connectivity index (χ0) is 16.3. The van der Waals surface area contributed by atoms with Gasteiger partial charge in [0.2, 0.25) is 0 Å². The Hall–Kier alpha value is -2.71. The highest BCUT2D eigenvalue weighted by atomic mass is 16.5. The minimum atomic E-state index is -1.42. The lowest BCUT2D eigenvalue weighted by atomic mass is 10.3. The van der Waals surface area contributed by atoms with Crippen LogP contribution in [0.4, 0.5) is 0 Å². The summed E-state index contributed by atoms with van der Waals surface area (Å²) in [6.45, 7) is 1.51.